The molecule has 134 valence electrons. The van der Waals surface area contributed by atoms with E-state index in [1.165, 1.54) is 12.8 Å². The lowest BCUT2D eigenvalue weighted by Crippen LogP contribution is -2.39. The highest BCUT2D eigenvalue weighted by atomic mass is 35.5. The quantitative estimate of drug-likeness (QED) is 0.840. The zero-order valence-corrected chi connectivity index (χ0v) is 15.6. The summed E-state index contributed by atoms with van der Waals surface area (Å²) in [5, 5.41) is 6.67. The van der Waals surface area contributed by atoms with Crippen LogP contribution in [-0.4, -0.2) is 24.1 Å². The van der Waals surface area contributed by atoms with E-state index in [1.807, 2.05) is 39.0 Å². The second-order valence-electron chi connectivity index (χ2n) is 7.37. The van der Waals surface area contributed by atoms with E-state index in [1.54, 1.807) is 0 Å². The smallest absolute Gasteiger partial charge is 0.224 e. The molecule has 2 aliphatic rings. The molecule has 0 saturated carbocycles. The molecule has 24 heavy (non-hydrogen) atoms. The number of aryl methyl sites for hydroxylation is 1. The Kier molecular flexibility index (Phi) is 6.53. The third-order valence-electron chi connectivity index (χ3n) is 4.87. The van der Waals surface area contributed by atoms with E-state index < -0.39 is 0 Å². The Hall–Kier alpha value is -1.26. The third kappa shape index (κ3) is 4.87. The Labute approximate surface area is 151 Å². The monoisotopic (exact) mass is 352 g/mol. The molecule has 2 fully saturated rings. The molecule has 1 aromatic carbocycles. The number of hydrogen-bond acceptors (Lipinski definition) is 3. The number of piperidine rings is 1. The molecule has 5 heteroatoms. The van der Waals surface area contributed by atoms with Gasteiger partial charge in [0.1, 0.15) is 5.75 Å². The van der Waals surface area contributed by atoms with Gasteiger partial charge in [-0.1, -0.05) is 0 Å². The molecule has 0 aromatic heterocycles. The summed E-state index contributed by atoms with van der Waals surface area (Å²) in [7, 11) is 0. The molecule has 0 aliphatic carbocycles. The van der Waals surface area contributed by atoms with Crippen molar-refractivity contribution in [2.24, 2.45) is 5.92 Å². The van der Waals surface area contributed by atoms with Gasteiger partial charge in [0.15, 0.2) is 0 Å². The van der Waals surface area contributed by atoms with Crippen molar-refractivity contribution < 1.29 is 9.53 Å². The summed E-state index contributed by atoms with van der Waals surface area (Å²) in [4.78, 5) is 12.3. The van der Waals surface area contributed by atoms with Gasteiger partial charge >= 0.3 is 0 Å². The minimum atomic E-state index is 0. The van der Waals surface area contributed by atoms with Crippen LogP contribution in [0.15, 0.2) is 18.2 Å². The van der Waals surface area contributed by atoms with Gasteiger partial charge < -0.3 is 15.4 Å². The highest BCUT2D eigenvalue weighted by molar-refractivity contribution is 5.91. The van der Waals surface area contributed by atoms with Crippen LogP contribution >= 0.6 is 12.4 Å². The molecule has 0 radical (unpaired) electrons. The summed E-state index contributed by atoms with van der Waals surface area (Å²) in [6, 6.07) is 7.13. The van der Waals surface area contributed by atoms with Crippen LogP contribution in [0.5, 0.6) is 5.75 Å². The van der Waals surface area contributed by atoms with Gasteiger partial charge in [-0.2, -0.15) is 0 Å². The average Bonchev–Trinajstić information content (AvgIpc) is 2.80. The zero-order valence-electron chi connectivity index (χ0n) is 14.8. The van der Waals surface area contributed by atoms with Gasteiger partial charge in [0, 0.05) is 24.2 Å². The molecule has 2 aliphatic heterocycles. The fraction of sp³-hybridized carbons (Fsp3) is 0.632. The number of fused-ring (bicyclic) bond motifs is 2. The fourth-order valence-electron chi connectivity index (χ4n) is 3.93. The fourth-order valence-corrected chi connectivity index (χ4v) is 3.93. The Morgan fingerprint density at radius 1 is 1.29 bits per heavy atom. The SMILES string of the molecule is Cc1cc(NC(=O)CC2CC3CCC(C2)N3)ccc1OC(C)C.Cl. The van der Waals surface area contributed by atoms with Crippen LogP contribution in [0.1, 0.15) is 51.5 Å². The minimum absolute atomic E-state index is 0. The number of hydrogen-bond donors (Lipinski definition) is 2. The van der Waals surface area contributed by atoms with Crippen LogP contribution in [0.25, 0.3) is 0 Å². The van der Waals surface area contributed by atoms with Crippen molar-refractivity contribution >= 4 is 24.0 Å². The van der Waals surface area contributed by atoms with E-state index in [-0.39, 0.29) is 24.4 Å². The summed E-state index contributed by atoms with van der Waals surface area (Å²) in [5.41, 5.74) is 1.91. The first-order chi connectivity index (χ1) is 11.0. The van der Waals surface area contributed by atoms with Crippen LogP contribution in [-0.2, 0) is 4.79 Å². The maximum absolute atomic E-state index is 12.3. The molecule has 1 amide bonds. The Morgan fingerprint density at radius 3 is 2.54 bits per heavy atom. The van der Waals surface area contributed by atoms with Crippen LogP contribution in [0.3, 0.4) is 0 Å². The maximum Gasteiger partial charge on any atom is 0.224 e. The number of benzene rings is 1. The Balaban J connectivity index is 0.00000208. The molecule has 2 bridgehead atoms. The van der Waals surface area contributed by atoms with Crippen molar-refractivity contribution in [2.75, 3.05) is 5.32 Å². The molecule has 2 heterocycles. The molecule has 2 saturated heterocycles. The lowest BCUT2D eigenvalue weighted by atomic mass is 9.89. The molecule has 2 atom stereocenters. The summed E-state index contributed by atoms with van der Waals surface area (Å²) >= 11 is 0. The number of nitrogens with one attached hydrogen (secondary N) is 2. The highest BCUT2D eigenvalue weighted by Crippen LogP contribution is 2.33. The number of halogens is 1. The maximum atomic E-state index is 12.3. The summed E-state index contributed by atoms with van der Waals surface area (Å²) in [5.74, 6) is 1.54. The van der Waals surface area contributed by atoms with Crippen molar-refractivity contribution in [1.82, 2.24) is 5.32 Å². The number of rotatable bonds is 5. The van der Waals surface area contributed by atoms with Crippen molar-refractivity contribution in [1.29, 1.82) is 0 Å². The van der Waals surface area contributed by atoms with Crippen LogP contribution < -0.4 is 15.4 Å². The largest absolute Gasteiger partial charge is 0.491 e. The number of ether oxygens (including phenoxy) is 1. The molecular formula is C19H29ClN2O2. The molecule has 0 spiro atoms. The van der Waals surface area contributed by atoms with E-state index in [4.69, 9.17) is 4.74 Å². The number of anilines is 1. The Morgan fingerprint density at radius 2 is 1.96 bits per heavy atom. The summed E-state index contributed by atoms with van der Waals surface area (Å²) in [6.07, 6.45) is 5.63. The third-order valence-corrected chi connectivity index (χ3v) is 4.87. The predicted molar refractivity (Wildman–Crippen MR) is 100 cm³/mol. The summed E-state index contributed by atoms with van der Waals surface area (Å²) < 4.78 is 5.74. The number of carbonyl (C=O) groups is 1. The molecule has 1 aromatic rings. The number of amides is 1. The molecule has 2 unspecified atom stereocenters. The van der Waals surface area contributed by atoms with E-state index in [0.717, 1.165) is 29.8 Å². The molecular weight excluding hydrogens is 324 g/mol. The van der Waals surface area contributed by atoms with Gasteiger partial charge in [-0.3, -0.25) is 4.79 Å². The van der Waals surface area contributed by atoms with E-state index >= 15 is 0 Å². The normalized spacial score (nSPS) is 25.2. The van der Waals surface area contributed by atoms with E-state index in [0.29, 0.717) is 24.4 Å². The van der Waals surface area contributed by atoms with Crippen molar-refractivity contribution in [3.63, 3.8) is 0 Å². The summed E-state index contributed by atoms with van der Waals surface area (Å²) in [6.45, 7) is 6.04. The first kappa shape index (κ1) is 19.1. The molecule has 3 rings (SSSR count). The van der Waals surface area contributed by atoms with Crippen LogP contribution in [0.4, 0.5) is 5.69 Å². The highest BCUT2D eigenvalue weighted by Gasteiger charge is 2.34. The standard InChI is InChI=1S/C19H28N2O2.ClH/c1-12(2)23-18-7-6-15(8-13(18)3)21-19(22)11-14-9-16-4-5-17(10-14)20-16;/h6-8,12,14,16-17,20H,4-5,9-11H2,1-3H3,(H,21,22);1H. The van der Waals surface area contributed by atoms with Gasteiger partial charge in [-0.15, -0.1) is 12.4 Å². The van der Waals surface area contributed by atoms with Crippen molar-refractivity contribution in [3.05, 3.63) is 23.8 Å². The lowest BCUT2D eigenvalue weighted by molar-refractivity contribution is -0.117. The van der Waals surface area contributed by atoms with Gasteiger partial charge in [0.2, 0.25) is 5.91 Å². The Bertz CT molecular complexity index is 564. The second kappa shape index (κ2) is 8.21. The number of carbonyl (C=O) groups excluding carboxylic acids is 1. The van der Waals surface area contributed by atoms with Crippen LogP contribution in [0.2, 0.25) is 0 Å². The predicted octanol–water partition coefficient (Wildman–Crippen LogP) is 4.06. The van der Waals surface area contributed by atoms with Crippen LogP contribution in [0, 0.1) is 12.8 Å². The average molecular weight is 353 g/mol. The van der Waals surface area contributed by atoms with Gasteiger partial charge in [-0.25, -0.2) is 0 Å². The topological polar surface area (TPSA) is 50.4 Å². The van der Waals surface area contributed by atoms with Gasteiger partial charge in [-0.05, 0) is 76.1 Å². The molecule has 4 nitrogen and oxygen atoms in total. The van der Waals surface area contributed by atoms with Gasteiger partial charge in [0.25, 0.3) is 0 Å². The van der Waals surface area contributed by atoms with Crippen molar-refractivity contribution in [2.45, 2.75) is 71.1 Å². The molecule has 2 N–H and O–H groups in total. The van der Waals surface area contributed by atoms with E-state index in [2.05, 4.69) is 10.6 Å². The van der Waals surface area contributed by atoms with E-state index in [9.17, 15) is 4.79 Å². The van der Waals surface area contributed by atoms with Gasteiger partial charge in [0.05, 0.1) is 6.10 Å². The lowest BCUT2D eigenvalue weighted by Gasteiger charge is -2.28. The zero-order chi connectivity index (χ0) is 16.4. The van der Waals surface area contributed by atoms with Crippen molar-refractivity contribution in [3.8, 4) is 5.75 Å². The second-order valence-corrected chi connectivity index (χ2v) is 7.37. The first-order valence-corrected chi connectivity index (χ1v) is 8.83. The minimum Gasteiger partial charge on any atom is -0.491 e. The first-order valence-electron chi connectivity index (χ1n) is 8.83.